The highest BCUT2D eigenvalue weighted by Gasteiger charge is 1.12. The first-order chi connectivity index (χ1) is 1.41. The van der Waals surface area contributed by atoms with Gasteiger partial charge in [0, 0.05) is 0 Å². The summed E-state index contributed by atoms with van der Waals surface area (Å²) in [5, 5.41) is 8.81. The van der Waals surface area contributed by atoms with Crippen LogP contribution in [0, 0.1) is 5.21 Å². The van der Waals surface area contributed by atoms with Crippen LogP contribution in [0.25, 0.3) is 0 Å². The van der Waals surface area contributed by atoms with Crippen molar-refractivity contribution in [3.63, 3.8) is 0 Å². The second kappa shape index (κ2) is 43.9. The first kappa shape index (κ1) is 21.1. The maximum atomic E-state index is 8.81. The summed E-state index contributed by atoms with van der Waals surface area (Å²) in [6.07, 6.45) is 0. The molecule has 0 saturated carbocycles. The number of nitrogens with two attached hydrogens (primary N) is 1. The second-order valence-corrected chi connectivity index (χ2v) is 0.236. The van der Waals surface area contributed by atoms with Crippen LogP contribution in [0.3, 0.4) is 0 Å². The zero-order valence-corrected chi connectivity index (χ0v) is 2.99. The topological polar surface area (TPSA) is 103 Å². The van der Waals surface area contributed by atoms with E-state index < -0.39 is 0 Å². The van der Waals surface area contributed by atoms with Gasteiger partial charge in [-0.05, 0) is 0 Å². The smallest absolute Gasteiger partial charge is 0.0647 e. The van der Waals surface area contributed by atoms with E-state index in [2.05, 4.69) is 0 Å². The van der Waals surface area contributed by atoms with E-state index >= 15 is 0 Å². The Morgan fingerprint density at radius 1 is 1.40 bits per heavy atom. The number of hydrogen-bond donors (Lipinski definition) is 1. The molecule has 0 saturated heterocycles. The van der Waals surface area contributed by atoms with Gasteiger partial charge in [-0.1, -0.05) is 0 Å². The molecule has 4 nitrogen and oxygen atoms in total. The summed E-state index contributed by atoms with van der Waals surface area (Å²) in [6.45, 7) is 0. The first-order valence-corrected chi connectivity index (χ1v) is 0.813. The maximum absolute atomic E-state index is 8.81. The van der Waals surface area contributed by atoms with Crippen LogP contribution in [0.2, 0.25) is 0 Å². The lowest BCUT2D eigenvalue weighted by molar-refractivity contribution is -0.557. The molecule has 0 atom stereocenters. The quantitative estimate of drug-likeness (QED) is 0.310. The average Bonchev–Trinajstić information content (AvgIpc) is 0.918. The molecular formula is CH9NO3. The number of rotatable bonds is 0. The van der Waals surface area contributed by atoms with Crippen LogP contribution in [0.4, 0.5) is 0 Å². The van der Waals surface area contributed by atoms with Crippen molar-refractivity contribution in [2.24, 2.45) is 0 Å². The van der Waals surface area contributed by atoms with Gasteiger partial charge in [0.15, 0.2) is 0 Å². The number of hydroxylamine groups is 1. The molecule has 0 heterocycles. The Morgan fingerprint density at radius 3 is 1.40 bits per heavy atom. The van der Waals surface area contributed by atoms with Gasteiger partial charge >= 0.3 is 0 Å². The molecule has 0 aromatic rings. The largest absolute Gasteiger partial charge is 0.636 e. The summed E-state index contributed by atoms with van der Waals surface area (Å²) in [5.74, 6) is 0. The Hall–Kier alpha value is -0.160. The minimum atomic E-state index is 0. The van der Waals surface area contributed by atoms with Crippen LogP contribution in [0.15, 0.2) is 0 Å². The summed E-state index contributed by atoms with van der Waals surface area (Å²) < 4.78 is 0. The molecule has 0 aliphatic heterocycles. The summed E-state index contributed by atoms with van der Waals surface area (Å²) in [7, 11) is 1.44. The molecule has 0 aliphatic carbocycles. The Morgan fingerprint density at radius 2 is 1.40 bits per heavy atom. The van der Waals surface area contributed by atoms with Crippen LogP contribution in [-0.2, 0) is 0 Å². The molecule has 0 aliphatic rings. The van der Waals surface area contributed by atoms with Crippen LogP contribution in [0.5, 0.6) is 0 Å². The summed E-state index contributed by atoms with van der Waals surface area (Å²) >= 11 is 0. The highest BCUT2D eigenvalue weighted by molar-refractivity contribution is 3.74. The molecule has 6 N–H and O–H groups in total. The molecule has 0 spiro atoms. The summed E-state index contributed by atoms with van der Waals surface area (Å²) in [5.41, 5.74) is 0.750. The fourth-order valence-electron chi connectivity index (χ4n) is 0. The van der Waals surface area contributed by atoms with E-state index in [1.165, 1.54) is 7.05 Å². The van der Waals surface area contributed by atoms with Crippen LogP contribution in [0.1, 0.15) is 0 Å². The van der Waals surface area contributed by atoms with E-state index in [1.807, 2.05) is 0 Å². The van der Waals surface area contributed by atoms with Gasteiger partial charge in [0.25, 0.3) is 0 Å². The van der Waals surface area contributed by atoms with Crippen molar-refractivity contribution in [3.05, 3.63) is 5.21 Å². The van der Waals surface area contributed by atoms with Gasteiger partial charge in [0.2, 0.25) is 0 Å². The highest BCUT2D eigenvalue weighted by Crippen LogP contribution is 0.691. The van der Waals surface area contributed by atoms with Crippen molar-refractivity contribution in [2.45, 2.75) is 0 Å². The molecule has 0 amide bonds. The monoisotopic (exact) mass is 83.1 g/mol. The van der Waals surface area contributed by atoms with Crippen LogP contribution in [-0.4, -0.2) is 18.0 Å². The predicted octanol–water partition coefficient (Wildman–Crippen LogP) is -2.97. The normalized spacial score (nSPS) is 3.60. The lowest BCUT2D eigenvalue weighted by Gasteiger charge is -1.79. The van der Waals surface area contributed by atoms with Gasteiger partial charge in [-0.25, -0.2) is 0 Å². The standard InChI is InChI=1S/CH5NO.2H2O/c1-2-3;;/h2H2,1H3;2*1H2. The van der Waals surface area contributed by atoms with Crippen molar-refractivity contribution in [2.75, 3.05) is 7.05 Å². The molecule has 0 aromatic heterocycles. The van der Waals surface area contributed by atoms with Crippen LogP contribution >= 0.6 is 0 Å². The molecule has 0 fully saturated rings. The third-order valence-electron chi connectivity index (χ3n) is 0. The van der Waals surface area contributed by atoms with Crippen molar-refractivity contribution in [1.29, 1.82) is 0 Å². The second-order valence-electron chi connectivity index (χ2n) is 0.236. The van der Waals surface area contributed by atoms with Gasteiger partial charge in [0.1, 0.15) is 0 Å². The molecule has 0 radical (unpaired) electrons. The van der Waals surface area contributed by atoms with Crippen molar-refractivity contribution in [1.82, 2.24) is 0 Å². The number of hydrogen-bond acceptors (Lipinski definition) is 1. The molecule has 0 bridgehead atoms. The summed E-state index contributed by atoms with van der Waals surface area (Å²) in [6, 6.07) is 0. The zero-order valence-electron chi connectivity index (χ0n) is 2.99. The Labute approximate surface area is 30.0 Å². The number of quaternary nitrogens is 1. The predicted molar refractivity (Wildman–Crippen MR) is 18.4 cm³/mol. The molecule has 36 valence electrons. The van der Waals surface area contributed by atoms with Gasteiger partial charge in [-0.2, -0.15) is 0 Å². The minimum Gasteiger partial charge on any atom is -0.636 e. The lowest BCUT2D eigenvalue weighted by Crippen LogP contribution is -2.71. The van der Waals surface area contributed by atoms with Crippen LogP contribution < -0.4 is 5.48 Å². The first-order valence-electron chi connectivity index (χ1n) is 0.813. The minimum absolute atomic E-state index is 0. The molecule has 0 aromatic carbocycles. The van der Waals surface area contributed by atoms with Gasteiger partial charge < -0.3 is 21.6 Å². The van der Waals surface area contributed by atoms with Gasteiger partial charge in [-0.3, -0.25) is 0 Å². The summed E-state index contributed by atoms with van der Waals surface area (Å²) in [4.78, 5) is 0. The SMILES string of the molecule is C[NH2+][O-].O.O. The third kappa shape index (κ3) is 508. The lowest BCUT2D eigenvalue weighted by atomic mass is 11.6. The van der Waals surface area contributed by atoms with E-state index in [4.69, 9.17) is 5.21 Å². The van der Waals surface area contributed by atoms with Gasteiger partial charge in [0.05, 0.1) is 7.05 Å². The molecule has 0 unspecified atom stereocenters. The van der Waals surface area contributed by atoms with Crippen molar-refractivity contribution >= 4 is 0 Å². The Balaban J connectivity index is -0.0000000200. The average molecular weight is 83.1 g/mol. The van der Waals surface area contributed by atoms with Crippen molar-refractivity contribution < 1.29 is 16.4 Å². The van der Waals surface area contributed by atoms with E-state index in [-0.39, 0.29) is 11.0 Å². The molecular weight excluding hydrogens is 74.0 g/mol. The molecule has 0 rings (SSSR count). The Kier molecular flexibility index (Phi) is 185. The molecule has 5 heavy (non-hydrogen) atoms. The maximum Gasteiger partial charge on any atom is 0.0647 e. The van der Waals surface area contributed by atoms with Gasteiger partial charge in [-0.15, -0.1) is 0 Å². The third-order valence-corrected chi connectivity index (χ3v) is 0. The van der Waals surface area contributed by atoms with E-state index in [0.29, 0.717) is 0 Å². The Bertz CT molecular complexity index is 6.85. The fraction of sp³-hybridized carbons (Fsp3) is 1.00. The van der Waals surface area contributed by atoms with Crippen molar-refractivity contribution in [3.8, 4) is 0 Å². The highest BCUT2D eigenvalue weighted by atomic mass is 16.5. The van der Waals surface area contributed by atoms with E-state index in [0.717, 1.165) is 5.48 Å². The fourth-order valence-corrected chi connectivity index (χ4v) is 0. The molecule has 4 heteroatoms. The van der Waals surface area contributed by atoms with E-state index in [9.17, 15) is 0 Å². The van der Waals surface area contributed by atoms with E-state index in [1.54, 1.807) is 0 Å². The zero-order chi connectivity index (χ0) is 2.71.